The molecular weight excluding hydrogens is 377 g/mol. The van der Waals surface area contributed by atoms with Crippen molar-refractivity contribution in [3.63, 3.8) is 0 Å². The van der Waals surface area contributed by atoms with Gasteiger partial charge in [0.1, 0.15) is 11.4 Å². The van der Waals surface area contributed by atoms with E-state index >= 15 is 0 Å². The van der Waals surface area contributed by atoms with E-state index in [1.54, 1.807) is 6.92 Å². The van der Waals surface area contributed by atoms with E-state index in [1.165, 1.54) is 0 Å². The first-order chi connectivity index (χ1) is 11.9. The van der Waals surface area contributed by atoms with Crippen LogP contribution in [0.3, 0.4) is 0 Å². The molecule has 6 atom stereocenters. The summed E-state index contributed by atoms with van der Waals surface area (Å²) in [6.45, 7) is 7.29. The first-order valence-electron chi connectivity index (χ1n) is 8.58. The Morgan fingerprint density at radius 3 is 2.73 bits per heavy atom. The van der Waals surface area contributed by atoms with E-state index < -0.39 is 32.9 Å². The van der Waals surface area contributed by atoms with Gasteiger partial charge in [-0.15, -0.1) is 0 Å². The fourth-order valence-electron chi connectivity index (χ4n) is 3.84. The molecule has 3 aliphatic heterocycles. The van der Waals surface area contributed by atoms with Gasteiger partial charge in [0.25, 0.3) is 0 Å². The number of hydrogen-bond acceptors (Lipinski definition) is 6. The number of hydrogen-bond donors (Lipinski definition) is 0. The van der Waals surface area contributed by atoms with Gasteiger partial charge in [0.2, 0.25) is 0 Å². The monoisotopic (exact) mass is 400 g/mol. The molecule has 26 heavy (non-hydrogen) atoms. The number of ether oxygens (including phenoxy) is 3. The predicted molar refractivity (Wildman–Crippen MR) is 84.5 cm³/mol. The Morgan fingerprint density at radius 1 is 1.38 bits per heavy atom. The molecule has 0 amide bonds. The highest BCUT2D eigenvalue weighted by Crippen LogP contribution is 2.47. The molecule has 0 saturated carbocycles. The molecule has 3 fully saturated rings. The number of rotatable bonds is 5. The largest absolute Gasteiger partial charge is 0.534 e. The summed E-state index contributed by atoms with van der Waals surface area (Å²) < 4.78 is 81.6. The molecule has 2 bridgehead atoms. The van der Waals surface area contributed by atoms with E-state index in [1.807, 2.05) is 6.92 Å². The Kier molecular flexibility index (Phi) is 5.09. The quantitative estimate of drug-likeness (QED) is 0.402. The average Bonchev–Trinajstić information content (AvgIpc) is 2.83. The number of halogens is 3. The van der Waals surface area contributed by atoms with E-state index in [0.29, 0.717) is 19.4 Å². The fraction of sp³-hybridized carbons (Fsp3) is 0.875. The molecule has 10 heteroatoms. The Bertz CT molecular complexity index is 663. The molecule has 150 valence electrons. The lowest BCUT2D eigenvalue weighted by Crippen LogP contribution is -2.53. The van der Waals surface area contributed by atoms with Crippen molar-refractivity contribution in [1.82, 2.24) is 0 Å². The van der Waals surface area contributed by atoms with Crippen LogP contribution in [0.4, 0.5) is 13.2 Å². The van der Waals surface area contributed by atoms with Crippen molar-refractivity contribution >= 4 is 10.1 Å². The van der Waals surface area contributed by atoms with Crippen LogP contribution in [-0.2, 0) is 28.5 Å². The van der Waals surface area contributed by atoms with Gasteiger partial charge in [0, 0.05) is 12.3 Å². The van der Waals surface area contributed by atoms with Crippen LogP contribution in [0.2, 0.25) is 0 Å². The van der Waals surface area contributed by atoms with Crippen LogP contribution in [0.5, 0.6) is 0 Å². The van der Waals surface area contributed by atoms with Crippen LogP contribution in [0, 0.1) is 5.92 Å². The molecule has 6 nitrogen and oxygen atoms in total. The number of alkyl halides is 3. The third kappa shape index (κ3) is 3.61. The Labute approximate surface area is 150 Å². The highest BCUT2D eigenvalue weighted by Gasteiger charge is 2.57. The van der Waals surface area contributed by atoms with Gasteiger partial charge in [0.15, 0.2) is 0 Å². The maximum Gasteiger partial charge on any atom is 0.534 e. The van der Waals surface area contributed by atoms with Gasteiger partial charge >= 0.3 is 15.6 Å². The fourth-order valence-corrected chi connectivity index (χ4v) is 4.38. The molecule has 3 rings (SSSR count). The van der Waals surface area contributed by atoms with Crippen molar-refractivity contribution in [3.05, 3.63) is 12.3 Å². The zero-order valence-corrected chi connectivity index (χ0v) is 15.4. The lowest BCUT2D eigenvalue weighted by atomic mass is 9.83. The minimum absolute atomic E-state index is 0.00736. The summed E-state index contributed by atoms with van der Waals surface area (Å²) >= 11 is 0. The van der Waals surface area contributed by atoms with Gasteiger partial charge in [-0.2, -0.15) is 21.6 Å². The average molecular weight is 400 g/mol. The first-order valence-corrected chi connectivity index (χ1v) is 9.99. The summed E-state index contributed by atoms with van der Waals surface area (Å²) in [6, 6.07) is 0. The highest BCUT2D eigenvalue weighted by atomic mass is 32.2. The smallest absolute Gasteiger partial charge is 0.381 e. The molecule has 0 aliphatic carbocycles. The topological polar surface area (TPSA) is 71.1 Å². The maximum atomic E-state index is 12.4. The van der Waals surface area contributed by atoms with Gasteiger partial charge < -0.3 is 18.4 Å². The summed E-state index contributed by atoms with van der Waals surface area (Å²) in [7, 11) is -5.70. The van der Waals surface area contributed by atoms with Crippen LogP contribution >= 0.6 is 0 Å². The summed E-state index contributed by atoms with van der Waals surface area (Å²) in [4.78, 5) is 0. The van der Waals surface area contributed by atoms with Crippen LogP contribution < -0.4 is 0 Å². The molecule has 1 unspecified atom stereocenters. The molecule has 3 aliphatic rings. The standard InChI is InChI=1S/C16H23F3O6S/c1-9(10(2)25-26(20,21)16(17,18)19)6-12-4-5-14-15(24-12)7-13(23-14)11(3)22-8-15/h9,11-14H,2,4-8H2,1,3H3/t9?,11-,12+,13+,14-,15+/m0/s1. The van der Waals surface area contributed by atoms with Gasteiger partial charge in [-0.1, -0.05) is 13.5 Å². The van der Waals surface area contributed by atoms with Crippen molar-refractivity contribution in [2.24, 2.45) is 5.92 Å². The van der Waals surface area contributed by atoms with Crippen molar-refractivity contribution in [2.75, 3.05) is 6.61 Å². The van der Waals surface area contributed by atoms with E-state index in [2.05, 4.69) is 10.8 Å². The normalized spacial score (nSPS) is 38.5. The third-order valence-corrected chi connectivity index (χ3v) is 6.41. The Balaban J connectivity index is 1.59. The van der Waals surface area contributed by atoms with Crippen molar-refractivity contribution in [1.29, 1.82) is 0 Å². The van der Waals surface area contributed by atoms with Gasteiger partial charge in [-0.25, -0.2) is 0 Å². The molecule has 0 aromatic carbocycles. The number of fused-ring (bicyclic) bond motifs is 1. The molecule has 3 saturated heterocycles. The van der Waals surface area contributed by atoms with Crippen LogP contribution in [0.15, 0.2) is 12.3 Å². The van der Waals surface area contributed by atoms with Crippen LogP contribution in [0.25, 0.3) is 0 Å². The Morgan fingerprint density at radius 2 is 2.08 bits per heavy atom. The zero-order valence-electron chi connectivity index (χ0n) is 14.6. The SMILES string of the molecule is C=C(OS(=O)(=O)C(F)(F)F)C(C)C[C@H]1CC[C@@H]2O[C@@H]3C[C@]2(CO[C@H]3C)O1. The van der Waals surface area contributed by atoms with Crippen molar-refractivity contribution in [2.45, 2.75) is 75.1 Å². The van der Waals surface area contributed by atoms with Crippen molar-refractivity contribution in [3.8, 4) is 0 Å². The highest BCUT2D eigenvalue weighted by molar-refractivity contribution is 7.87. The second kappa shape index (κ2) is 6.65. The summed E-state index contributed by atoms with van der Waals surface area (Å²) in [5.74, 6) is -1.06. The van der Waals surface area contributed by atoms with Crippen molar-refractivity contribution < 1.29 is 40.0 Å². The van der Waals surface area contributed by atoms with E-state index in [-0.39, 0.29) is 24.4 Å². The summed E-state index contributed by atoms with van der Waals surface area (Å²) in [6.07, 6.45) is 2.15. The molecule has 0 aromatic heterocycles. The maximum absolute atomic E-state index is 12.4. The van der Waals surface area contributed by atoms with E-state index in [9.17, 15) is 21.6 Å². The van der Waals surface area contributed by atoms with E-state index in [0.717, 1.165) is 12.8 Å². The predicted octanol–water partition coefficient (Wildman–Crippen LogP) is 2.89. The number of allylic oxidation sites excluding steroid dienone is 1. The second-order valence-corrected chi connectivity index (χ2v) is 8.89. The van der Waals surface area contributed by atoms with Gasteiger partial charge in [-0.3, -0.25) is 0 Å². The summed E-state index contributed by atoms with van der Waals surface area (Å²) in [5, 5.41) is 0. The lowest BCUT2D eigenvalue weighted by Gasteiger charge is -2.43. The molecule has 0 aromatic rings. The van der Waals surface area contributed by atoms with E-state index in [4.69, 9.17) is 14.2 Å². The minimum Gasteiger partial charge on any atom is -0.381 e. The first kappa shape index (κ1) is 19.9. The molecular formula is C16H23F3O6S. The zero-order chi connectivity index (χ0) is 19.3. The van der Waals surface area contributed by atoms with Crippen LogP contribution in [-0.4, -0.2) is 50.5 Å². The Hall–Kier alpha value is -0.840. The third-order valence-electron chi connectivity index (χ3n) is 5.41. The van der Waals surface area contributed by atoms with Gasteiger partial charge in [-0.05, 0) is 26.2 Å². The molecule has 1 spiro atoms. The van der Waals surface area contributed by atoms with Gasteiger partial charge in [0.05, 0.1) is 31.0 Å². The minimum atomic E-state index is -5.70. The summed E-state index contributed by atoms with van der Waals surface area (Å²) in [5.41, 5.74) is -6.00. The lowest BCUT2D eigenvalue weighted by molar-refractivity contribution is -0.192. The molecule has 0 radical (unpaired) electrons. The second-order valence-electron chi connectivity index (χ2n) is 7.35. The van der Waals surface area contributed by atoms with Crippen LogP contribution in [0.1, 0.15) is 39.5 Å². The molecule has 3 heterocycles. The molecule has 0 N–H and O–H groups in total.